The molecule has 3 aromatic rings. The molecule has 2 bridgehead atoms. The van der Waals surface area contributed by atoms with E-state index in [1.807, 2.05) is 11.8 Å². The number of thiazole rings is 1. The summed E-state index contributed by atoms with van der Waals surface area (Å²) in [5.74, 6) is 2.12. The molecule has 32 heavy (non-hydrogen) atoms. The number of anilines is 1. The number of thioether (sulfide) groups is 1. The zero-order valence-corrected chi connectivity index (χ0v) is 19.8. The summed E-state index contributed by atoms with van der Waals surface area (Å²) in [5, 5.41) is 5.06. The molecular formula is C25H23ClN2O2S2. The minimum atomic E-state index is -0.193. The Morgan fingerprint density at radius 3 is 2.59 bits per heavy atom. The third kappa shape index (κ3) is 3.44. The summed E-state index contributed by atoms with van der Waals surface area (Å²) in [6, 6.07) is 17.7. The van der Waals surface area contributed by atoms with Crippen molar-refractivity contribution in [2.75, 3.05) is 5.32 Å². The van der Waals surface area contributed by atoms with Gasteiger partial charge in [-0.1, -0.05) is 53.3 Å². The Bertz CT molecular complexity index is 1220. The predicted octanol–water partition coefficient (Wildman–Crippen LogP) is 5.85. The minimum Gasteiger partial charge on any atom is -0.325 e. The van der Waals surface area contributed by atoms with Gasteiger partial charge in [0.15, 0.2) is 0 Å². The van der Waals surface area contributed by atoms with Gasteiger partial charge in [0.05, 0.1) is 5.03 Å². The molecule has 1 amide bonds. The molecule has 4 unspecified atom stereocenters. The molecule has 7 heteroatoms. The normalized spacial score (nSPS) is 27.7. The molecule has 1 aliphatic heterocycles. The van der Waals surface area contributed by atoms with E-state index >= 15 is 0 Å². The van der Waals surface area contributed by atoms with Crippen molar-refractivity contribution in [3.8, 4) is 0 Å². The lowest BCUT2D eigenvalue weighted by Gasteiger charge is -2.40. The van der Waals surface area contributed by atoms with Crippen LogP contribution in [0.3, 0.4) is 0 Å². The van der Waals surface area contributed by atoms with Gasteiger partial charge < -0.3 is 5.32 Å². The van der Waals surface area contributed by atoms with Gasteiger partial charge in [0.25, 0.3) is 0 Å². The van der Waals surface area contributed by atoms with Crippen LogP contribution >= 0.6 is 34.7 Å². The van der Waals surface area contributed by atoms with Gasteiger partial charge in [0.1, 0.15) is 6.54 Å². The first-order valence-corrected chi connectivity index (χ1v) is 13.2. The number of benzene rings is 2. The molecule has 6 rings (SSSR count). The number of amides is 1. The fourth-order valence-corrected chi connectivity index (χ4v) is 9.27. The number of fused-ring (bicyclic) bond motifs is 6. The van der Waals surface area contributed by atoms with Crippen LogP contribution in [0.2, 0.25) is 5.02 Å². The van der Waals surface area contributed by atoms with Crippen molar-refractivity contribution in [1.29, 1.82) is 0 Å². The van der Waals surface area contributed by atoms with E-state index in [0.29, 0.717) is 21.9 Å². The fourth-order valence-electron chi connectivity index (χ4n) is 6.00. The van der Waals surface area contributed by atoms with Gasteiger partial charge in [-0.25, -0.2) is 0 Å². The van der Waals surface area contributed by atoms with Crippen molar-refractivity contribution in [2.45, 2.75) is 42.0 Å². The van der Waals surface area contributed by atoms with E-state index in [1.54, 1.807) is 28.8 Å². The predicted molar refractivity (Wildman–Crippen MR) is 131 cm³/mol. The summed E-state index contributed by atoms with van der Waals surface area (Å²) in [6.07, 6.45) is 3.91. The first-order chi connectivity index (χ1) is 15.6. The molecule has 1 N–H and O–H groups in total. The van der Waals surface area contributed by atoms with Crippen molar-refractivity contribution in [2.24, 2.45) is 17.8 Å². The first kappa shape index (κ1) is 20.6. The topological polar surface area (TPSA) is 51.1 Å². The van der Waals surface area contributed by atoms with E-state index in [0.717, 1.165) is 21.7 Å². The highest BCUT2D eigenvalue weighted by molar-refractivity contribution is 8.00. The third-order valence-electron chi connectivity index (χ3n) is 7.28. The largest absolute Gasteiger partial charge is 0.325 e. The average Bonchev–Trinajstić information content (AvgIpc) is 3.49. The second-order valence-electron chi connectivity index (χ2n) is 9.06. The SMILES string of the molecule is O=C(Cn1c2c(sc1=O)[C@@H](c1ccccc1)C1C3CCC(C3)C1S2)Nc1ccc(Cl)cc1. The van der Waals surface area contributed by atoms with E-state index in [4.69, 9.17) is 11.6 Å². The van der Waals surface area contributed by atoms with E-state index in [1.165, 1.54) is 36.2 Å². The van der Waals surface area contributed by atoms with Gasteiger partial charge in [-0.05, 0) is 66.8 Å². The molecule has 2 saturated carbocycles. The molecule has 3 aliphatic rings. The summed E-state index contributed by atoms with van der Waals surface area (Å²) >= 11 is 9.14. The second-order valence-corrected chi connectivity index (χ2v) is 11.7. The first-order valence-electron chi connectivity index (χ1n) is 11.1. The summed E-state index contributed by atoms with van der Waals surface area (Å²) < 4.78 is 1.70. The lowest BCUT2D eigenvalue weighted by Crippen LogP contribution is -2.34. The summed E-state index contributed by atoms with van der Waals surface area (Å²) in [4.78, 5) is 27.0. The lowest BCUT2D eigenvalue weighted by atomic mass is 9.75. The Hall–Kier alpha value is -2.02. The van der Waals surface area contributed by atoms with Crippen molar-refractivity contribution < 1.29 is 4.79 Å². The van der Waals surface area contributed by atoms with Crippen LogP contribution in [0.4, 0.5) is 5.69 Å². The number of rotatable bonds is 4. The summed E-state index contributed by atoms with van der Waals surface area (Å²) in [5.41, 5.74) is 1.98. The van der Waals surface area contributed by atoms with Crippen LogP contribution in [-0.2, 0) is 11.3 Å². The highest BCUT2D eigenvalue weighted by Gasteiger charge is 2.55. The molecule has 4 nitrogen and oxygen atoms in total. The molecule has 0 saturated heterocycles. The van der Waals surface area contributed by atoms with E-state index < -0.39 is 0 Å². The second kappa shape index (κ2) is 8.08. The van der Waals surface area contributed by atoms with E-state index in [-0.39, 0.29) is 23.2 Å². The average molecular weight is 483 g/mol. The number of aromatic nitrogens is 1. The van der Waals surface area contributed by atoms with Gasteiger partial charge in [0.2, 0.25) is 5.91 Å². The summed E-state index contributed by atoms with van der Waals surface area (Å²) in [6.45, 7) is 0.0350. The third-order valence-corrected chi connectivity index (χ3v) is 10.4. The number of hydrogen-bond donors (Lipinski definition) is 1. The maximum Gasteiger partial charge on any atom is 0.308 e. The molecule has 164 valence electrons. The Labute approximate surface area is 200 Å². The van der Waals surface area contributed by atoms with Crippen molar-refractivity contribution in [3.05, 3.63) is 79.7 Å². The monoisotopic (exact) mass is 482 g/mol. The lowest BCUT2D eigenvalue weighted by molar-refractivity contribution is -0.116. The van der Waals surface area contributed by atoms with Crippen LogP contribution in [-0.4, -0.2) is 15.7 Å². The number of nitrogens with one attached hydrogen (secondary N) is 1. The van der Waals surface area contributed by atoms with Crippen molar-refractivity contribution >= 4 is 46.3 Å². The minimum absolute atomic E-state index is 0.0350. The Morgan fingerprint density at radius 1 is 1.06 bits per heavy atom. The maximum absolute atomic E-state index is 13.1. The Balaban J connectivity index is 1.35. The smallest absolute Gasteiger partial charge is 0.308 e. The van der Waals surface area contributed by atoms with Crippen LogP contribution in [0.5, 0.6) is 0 Å². The van der Waals surface area contributed by atoms with E-state index in [9.17, 15) is 9.59 Å². The van der Waals surface area contributed by atoms with Crippen molar-refractivity contribution in [1.82, 2.24) is 4.57 Å². The van der Waals surface area contributed by atoms with Gasteiger partial charge >= 0.3 is 4.87 Å². The highest BCUT2D eigenvalue weighted by Crippen LogP contribution is 2.63. The molecule has 0 radical (unpaired) electrons. The molecule has 0 spiro atoms. The van der Waals surface area contributed by atoms with Crippen LogP contribution < -0.4 is 10.2 Å². The maximum atomic E-state index is 13.1. The van der Waals surface area contributed by atoms with Gasteiger partial charge in [-0.2, -0.15) is 0 Å². The number of nitrogens with zero attached hydrogens (tertiary/aromatic N) is 1. The van der Waals surface area contributed by atoms with Crippen LogP contribution in [0.15, 0.2) is 64.4 Å². The number of carbonyl (C=O) groups excluding carboxylic acids is 1. The molecule has 2 fully saturated rings. The quantitative estimate of drug-likeness (QED) is 0.507. The number of hydrogen-bond acceptors (Lipinski definition) is 4. The Morgan fingerprint density at radius 2 is 1.81 bits per heavy atom. The van der Waals surface area contributed by atoms with Crippen LogP contribution in [0, 0.1) is 17.8 Å². The zero-order chi connectivity index (χ0) is 21.8. The zero-order valence-electron chi connectivity index (χ0n) is 17.4. The summed E-state index contributed by atoms with van der Waals surface area (Å²) in [7, 11) is 0. The standard InChI is InChI=1S/C25H23ClN2O2S2/c26-17-8-10-18(11-9-17)27-19(29)13-28-24-23(32-25(28)30)20(14-4-2-1-3-5-14)21-15-6-7-16(12-15)22(21)31-24/h1-5,8-11,15-16,20-22H,6-7,12-13H2,(H,27,29)/t15?,16?,20-,21?,22?/m0/s1. The number of carbonyl (C=O) groups is 1. The molecule has 2 aromatic carbocycles. The molecular weight excluding hydrogens is 460 g/mol. The van der Waals surface area contributed by atoms with Gasteiger partial charge in [0, 0.05) is 26.8 Å². The molecule has 1 aromatic heterocycles. The molecule has 5 atom stereocenters. The number of halogens is 1. The van der Waals surface area contributed by atoms with Gasteiger partial charge in [-0.3, -0.25) is 14.2 Å². The van der Waals surface area contributed by atoms with Crippen molar-refractivity contribution in [3.63, 3.8) is 0 Å². The van der Waals surface area contributed by atoms with Gasteiger partial charge in [-0.15, -0.1) is 11.8 Å². The molecule has 2 aliphatic carbocycles. The van der Waals surface area contributed by atoms with E-state index in [2.05, 4.69) is 35.6 Å². The fraction of sp³-hybridized carbons (Fsp3) is 0.360. The molecule has 2 heterocycles. The van der Waals surface area contributed by atoms with Crippen LogP contribution in [0.25, 0.3) is 0 Å². The highest BCUT2D eigenvalue weighted by atomic mass is 35.5. The van der Waals surface area contributed by atoms with Crippen LogP contribution in [0.1, 0.15) is 35.6 Å². The Kier molecular flexibility index (Phi) is 5.20.